The lowest BCUT2D eigenvalue weighted by Gasteiger charge is -2.28. The van der Waals surface area contributed by atoms with Gasteiger partial charge in [-0.05, 0) is 98.5 Å². The van der Waals surface area contributed by atoms with Gasteiger partial charge in [0.05, 0.1) is 11.4 Å². The molecule has 0 N–H and O–H groups in total. The van der Waals surface area contributed by atoms with E-state index in [1.54, 1.807) is 0 Å². The molecule has 2 aliphatic rings. The highest BCUT2D eigenvalue weighted by Gasteiger charge is 2.41. The molecule has 3 heteroatoms. The number of hydrogen-bond acceptors (Lipinski definition) is 3. The van der Waals surface area contributed by atoms with Crippen LogP contribution in [0.4, 0.5) is 0 Å². The van der Waals surface area contributed by atoms with E-state index in [2.05, 4.69) is 197 Å². The zero-order chi connectivity index (χ0) is 40.2. The van der Waals surface area contributed by atoms with Crippen molar-refractivity contribution in [2.75, 3.05) is 0 Å². The number of fused-ring (bicyclic) bond motifs is 9. The van der Waals surface area contributed by atoms with Crippen molar-refractivity contribution in [2.45, 2.75) is 31.6 Å². The first-order valence-electron chi connectivity index (χ1n) is 20.8. The Hall–Kier alpha value is -7.36. The molecule has 0 saturated carbocycles. The van der Waals surface area contributed by atoms with Gasteiger partial charge in [-0.1, -0.05) is 172 Å². The van der Waals surface area contributed by atoms with Crippen LogP contribution >= 0.6 is 0 Å². The highest BCUT2D eigenvalue weighted by molar-refractivity contribution is 6.06. The van der Waals surface area contributed by atoms with Crippen LogP contribution in [-0.2, 0) is 10.8 Å². The van der Waals surface area contributed by atoms with Gasteiger partial charge in [-0.25, -0.2) is 9.97 Å². The Morgan fingerprint density at radius 1 is 0.383 bits per heavy atom. The lowest BCUT2D eigenvalue weighted by atomic mass is 9.74. The Labute approximate surface area is 349 Å². The van der Waals surface area contributed by atoms with Crippen LogP contribution in [0.5, 0.6) is 0 Å². The number of benzene rings is 8. The van der Waals surface area contributed by atoms with Crippen molar-refractivity contribution >= 4 is 21.9 Å². The second-order valence-electron chi connectivity index (χ2n) is 17.0. The smallest absolute Gasteiger partial charge is 0.161 e. The van der Waals surface area contributed by atoms with Crippen LogP contribution in [0.25, 0.3) is 89.2 Å². The number of furan rings is 1. The number of aromatic nitrogens is 2. The minimum absolute atomic E-state index is 0.138. The van der Waals surface area contributed by atoms with E-state index in [1.165, 1.54) is 50.1 Å². The molecule has 0 spiro atoms. The minimum atomic E-state index is -0.320. The SMILES string of the molecule is CC1(C)c2ccccc2-c2c(-c3nc(-c4ccc(-c5ccc6oc7ccccc7c6c5)cc4)cc(-c4ccc5c(c4)C(C)(c4ccccc4)c4ccccc4-5)n3)cccc21. The van der Waals surface area contributed by atoms with Gasteiger partial charge in [0.2, 0.25) is 0 Å². The highest BCUT2D eigenvalue weighted by Crippen LogP contribution is 2.54. The Morgan fingerprint density at radius 3 is 1.82 bits per heavy atom. The number of rotatable bonds is 5. The predicted molar refractivity (Wildman–Crippen MR) is 246 cm³/mol. The third kappa shape index (κ3) is 5.02. The van der Waals surface area contributed by atoms with E-state index in [4.69, 9.17) is 14.4 Å². The van der Waals surface area contributed by atoms with Crippen molar-refractivity contribution in [1.29, 1.82) is 0 Å². The van der Waals surface area contributed by atoms with Crippen LogP contribution in [-0.4, -0.2) is 9.97 Å². The summed E-state index contributed by atoms with van der Waals surface area (Å²) in [5.74, 6) is 0.725. The summed E-state index contributed by atoms with van der Waals surface area (Å²) in [7, 11) is 0. The average molecular weight is 769 g/mol. The molecule has 12 rings (SSSR count). The summed E-state index contributed by atoms with van der Waals surface area (Å²) >= 11 is 0. The summed E-state index contributed by atoms with van der Waals surface area (Å²) in [6.07, 6.45) is 0. The normalized spacial score (nSPS) is 15.8. The maximum absolute atomic E-state index is 6.13. The Bertz CT molecular complexity index is 3360. The van der Waals surface area contributed by atoms with Gasteiger partial charge in [0, 0.05) is 38.3 Å². The molecule has 0 bridgehead atoms. The van der Waals surface area contributed by atoms with Crippen LogP contribution in [0.1, 0.15) is 48.6 Å². The van der Waals surface area contributed by atoms with E-state index < -0.39 is 0 Å². The molecular weight excluding hydrogens is 729 g/mol. The van der Waals surface area contributed by atoms with Crippen molar-refractivity contribution in [3.63, 3.8) is 0 Å². The van der Waals surface area contributed by atoms with Gasteiger partial charge in [-0.15, -0.1) is 0 Å². The molecule has 3 nitrogen and oxygen atoms in total. The number of para-hydroxylation sites is 1. The quantitative estimate of drug-likeness (QED) is 0.175. The molecule has 8 aromatic carbocycles. The Kier molecular flexibility index (Phi) is 7.40. The molecule has 284 valence electrons. The molecule has 2 heterocycles. The molecule has 1 atom stereocenters. The van der Waals surface area contributed by atoms with Crippen molar-refractivity contribution in [2.24, 2.45) is 0 Å². The fourth-order valence-corrected chi connectivity index (χ4v) is 10.3. The predicted octanol–water partition coefficient (Wildman–Crippen LogP) is 14.7. The largest absolute Gasteiger partial charge is 0.456 e. The van der Waals surface area contributed by atoms with Gasteiger partial charge >= 0.3 is 0 Å². The summed E-state index contributed by atoms with van der Waals surface area (Å²) in [5.41, 5.74) is 20.1. The first-order valence-corrected chi connectivity index (χ1v) is 20.8. The van der Waals surface area contributed by atoms with Crippen molar-refractivity contribution in [3.05, 3.63) is 216 Å². The van der Waals surface area contributed by atoms with E-state index in [-0.39, 0.29) is 10.8 Å². The molecule has 2 aliphatic carbocycles. The molecule has 0 aliphatic heterocycles. The number of nitrogens with zero attached hydrogens (tertiary/aromatic N) is 2. The minimum Gasteiger partial charge on any atom is -0.456 e. The van der Waals surface area contributed by atoms with Crippen LogP contribution in [0, 0.1) is 0 Å². The maximum Gasteiger partial charge on any atom is 0.161 e. The van der Waals surface area contributed by atoms with Gasteiger partial charge < -0.3 is 4.42 Å². The van der Waals surface area contributed by atoms with Crippen LogP contribution in [0.2, 0.25) is 0 Å². The van der Waals surface area contributed by atoms with E-state index in [9.17, 15) is 0 Å². The Morgan fingerprint density at radius 2 is 0.983 bits per heavy atom. The van der Waals surface area contributed by atoms with Crippen LogP contribution < -0.4 is 0 Å². The molecule has 0 amide bonds. The summed E-state index contributed by atoms with van der Waals surface area (Å²) in [6, 6.07) is 67.8. The van der Waals surface area contributed by atoms with E-state index in [1.807, 2.05) is 12.1 Å². The second kappa shape index (κ2) is 12.8. The lowest BCUT2D eigenvalue weighted by Crippen LogP contribution is -2.22. The molecule has 60 heavy (non-hydrogen) atoms. The van der Waals surface area contributed by atoms with E-state index in [0.29, 0.717) is 0 Å². The molecule has 10 aromatic rings. The maximum atomic E-state index is 6.13. The fraction of sp³-hybridized carbons (Fsp3) is 0.0877. The second-order valence-corrected chi connectivity index (χ2v) is 17.0. The molecule has 0 radical (unpaired) electrons. The van der Waals surface area contributed by atoms with Gasteiger partial charge in [0.25, 0.3) is 0 Å². The van der Waals surface area contributed by atoms with Crippen LogP contribution in [0.15, 0.2) is 192 Å². The molecule has 0 saturated heterocycles. The molecular formula is C57H40N2O. The first kappa shape index (κ1) is 34.7. The fourth-order valence-electron chi connectivity index (χ4n) is 10.3. The third-order valence-corrected chi connectivity index (χ3v) is 13.4. The molecule has 0 fully saturated rings. The summed E-state index contributed by atoms with van der Waals surface area (Å²) in [4.78, 5) is 10.9. The summed E-state index contributed by atoms with van der Waals surface area (Å²) in [5, 5.41) is 2.25. The van der Waals surface area contributed by atoms with Crippen LogP contribution in [0.3, 0.4) is 0 Å². The van der Waals surface area contributed by atoms with E-state index in [0.717, 1.165) is 67.0 Å². The zero-order valence-electron chi connectivity index (χ0n) is 33.7. The third-order valence-electron chi connectivity index (χ3n) is 13.4. The average Bonchev–Trinajstić information content (AvgIpc) is 3.89. The topological polar surface area (TPSA) is 38.9 Å². The van der Waals surface area contributed by atoms with Crippen molar-refractivity contribution in [3.8, 4) is 67.3 Å². The van der Waals surface area contributed by atoms with Crippen molar-refractivity contribution in [1.82, 2.24) is 9.97 Å². The zero-order valence-corrected chi connectivity index (χ0v) is 33.7. The van der Waals surface area contributed by atoms with E-state index >= 15 is 0 Å². The summed E-state index contributed by atoms with van der Waals surface area (Å²) in [6.45, 7) is 7.02. The summed E-state index contributed by atoms with van der Waals surface area (Å²) < 4.78 is 6.13. The Balaban J connectivity index is 1.03. The van der Waals surface area contributed by atoms with Crippen molar-refractivity contribution < 1.29 is 4.42 Å². The number of hydrogen-bond donors (Lipinski definition) is 0. The highest BCUT2D eigenvalue weighted by atomic mass is 16.3. The van der Waals surface area contributed by atoms with Gasteiger partial charge in [0.1, 0.15) is 11.2 Å². The standard InChI is InChI=1S/C57H40N2O/c1-56(2)46-20-10-8-18-43(46)54-44(19-13-22-48(54)56)55-58-50(36-26-24-35(25-27-36)37-29-31-53-45(32-37)42-17-9-12-23-52(42)60-53)34-51(59-55)38-28-30-41-40-16-7-11-21-47(40)57(3,49(41)33-38)39-14-5-4-6-15-39/h4-34H,1-3H3. The van der Waals surface area contributed by atoms with Gasteiger partial charge in [-0.2, -0.15) is 0 Å². The molecule has 2 aromatic heterocycles. The molecule has 1 unspecified atom stereocenters. The van der Waals surface area contributed by atoms with Gasteiger partial charge in [0.15, 0.2) is 5.82 Å². The lowest BCUT2D eigenvalue weighted by molar-refractivity contribution is 0.660. The first-order chi connectivity index (χ1) is 29.4. The van der Waals surface area contributed by atoms with Gasteiger partial charge in [-0.3, -0.25) is 0 Å². The monoisotopic (exact) mass is 768 g/mol.